The van der Waals surface area contributed by atoms with Crippen LogP contribution in [0.2, 0.25) is 0 Å². The van der Waals surface area contributed by atoms with Crippen molar-refractivity contribution in [1.82, 2.24) is 0 Å². The van der Waals surface area contributed by atoms with E-state index in [-0.39, 0.29) is 12.7 Å². The number of carboxylic acid groups (broad SMARTS) is 1. The van der Waals surface area contributed by atoms with Crippen molar-refractivity contribution in [2.45, 2.75) is 32.4 Å². The molecular formula is C14H21NO3. The van der Waals surface area contributed by atoms with Crippen LogP contribution in [0.15, 0.2) is 30.3 Å². The fraction of sp³-hybridized carbons (Fsp3) is 0.500. The summed E-state index contributed by atoms with van der Waals surface area (Å²) in [5, 5.41) is 9.33. The minimum atomic E-state index is -1.50. The Bertz CT molecular complexity index is 391. The molecule has 0 aliphatic heterocycles. The van der Waals surface area contributed by atoms with Gasteiger partial charge in [0.1, 0.15) is 0 Å². The molecule has 3 N–H and O–H groups in total. The number of ether oxygens (including phenoxy) is 1. The van der Waals surface area contributed by atoms with Gasteiger partial charge in [-0.1, -0.05) is 44.2 Å². The Morgan fingerprint density at radius 1 is 1.33 bits per heavy atom. The summed E-state index contributed by atoms with van der Waals surface area (Å²) in [6.07, 6.45) is -0.0315. The molecule has 1 aromatic rings. The Labute approximate surface area is 108 Å². The summed E-state index contributed by atoms with van der Waals surface area (Å²) in [6.45, 7) is 5.92. The highest BCUT2D eigenvalue weighted by atomic mass is 16.5. The van der Waals surface area contributed by atoms with Crippen molar-refractivity contribution in [3.8, 4) is 0 Å². The highest BCUT2D eigenvalue weighted by Gasteiger charge is 2.37. The van der Waals surface area contributed by atoms with Crippen LogP contribution in [0.25, 0.3) is 0 Å². The second kappa shape index (κ2) is 5.98. The van der Waals surface area contributed by atoms with Gasteiger partial charge in [0.05, 0.1) is 12.7 Å². The van der Waals surface area contributed by atoms with E-state index >= 15 is 0 Å². The summed E-state index contributed by atoms with van der Waals surface area (Å²) in [5.74, 6) is -0.761. The van der Waals surface area contributed by atoms with Crippen LogP contribution in [0.5, 0.6) is 0 Å². The van der Waals surface area contributed by atoms with Gasteiger partial charge in [-0.05, 0) is 18.4 Å². The van der Waals surface area contributed by atoms with E-state index in [1.165, 1.54) is 0 Å². The van der Waals surface area contributed by atoms with E-state index in [0.29, 0.717) is 11.5 Å². The van der Waals surface area contributed by atoms with E-state index in [0.717, 1.165) is 0 Å². The Balaban J connectivity index is 2.86. The summed E-state index contributed by atoms with van der Waals surface area (Å²) in [5.41, 5.74) is 5.04. The van der Waals surface area contributed by atoms with Crippen molar-refractivity contribution in [3.05, 3.63) is 35.9 Å². The zero-order valence-corrected chi connectivity index (χ0v) is 11.1. The second-order valence-corrected chi connectivity index (χ2v) is 4.90. The highest BCUT2D eigenvalue weighted by molar-refractivity contribution is 5.80. The predicted octanol–water partition coefficient (Wildman–Crippen LogP) is 1.99. The number of benzene rings is 1. The van der Waals surface area contributed by atoms with Crippen molar-refractivity contribution < 1.29 is 14.6 Å². The van der Waals surface area contributed by atoms with E-state index < -0.39 is 11.5 Å². The SMILES string of the molecule is CC(C)C(C)OCC(N)(C(=O)O)c1ccccc1. The van der Waals surface area contributed by atoms with Crippen LogP contribution in [0.4, 0.5) is 0 Å². The largest absolute Gasteiger partial charge is 0.480 e. The fourth-order valence-electron chi connectivity index (χ4n) is 1.46. The molecule has 2 unspecified atom stereocenters. The average Bonchev–Trinajstić information content (AvgIpc) is 2.36. The maximum Gasteiger partial charge on any atom is 0.330 e. The quantitative estimate of drug-likeness (QED) is 0.811. The summed E-state index contributed by atoms with van der Waals surface area (Å²) < 4.78 is 5.58. The third kappa shape index (κ3) is 3.31. The van der Waals surface area contributed by atoms with Crippen molar-refractivity contribution in [3.63, 3.8) is 0 Å². The molecule has 0 bridgehead atoms. The predicted molar refractivity (Wildman–Crippen MR) is 70.2 cm³/mol. The van der Waals surface area contributed by atoms with E-state index in [1.807, 2.05) is 26.8 Å². The Morgan fingerprint density at radius 2 is 1.89 bits per heavy atom. The Morgan fingerprint density at radius 3 is 2.33 bits per heavy atom. The molecule has 1 aromatic carbocycles. The van der Waals surface area contributed by atoms with Gasteiger partial charge in [-0.15, -0.1) is 0 Å². The summed E-state index contributed by atoms with van der Waals surface area (Å²) in [6, 6.07) is 8.77. The molecule has 4 nitrogen and oxygen atoms in total. The molecule has 0 spiro atoms. The molecule has 18 heavy (non-hydrogen) atoms. The zero-order valence-electron chi connectivity index (χ0n) is 11.1. The molecule has 0 aromatic heterocycles. The smallest absolute Gasteiger partial charge is 0.330 e. The molecule has 1 rings (SSSR count). The number of nitrogens with two attached hydrogens (primary N) is 1. The molecule has 0 fully saturated rings. The number of carbonyl (C=O) groups is 1. The lowest BCUT2D eigenvalue weighted by atomic mass is 9.92. The van der Waals surface area contributed by atoms with E-state index in [1.54, 1.807) is 24.3 Å². The zero-order chi connectivity index (χ0) is 13.8. The van der Waals surface area contributed by atoms with Crippen LogP contribution in [0.1, 0.15) is 26.3 Å². The van der Waals surface area contributed by atoms with Gasteiger partial charge < -0.3 is 15.6 Å². The Kier molecular flexibility index (Phi) is 4.87. The number of aliphatic carboxylic acids is 1. The molecule has 0 saturated heterocycles. The maximum atomic E-state index is 11.4. The lowest BCUT2D eigenvalue weighted by Gasteiger charge is -2.28. The van der Waals surface area contributed by atoms with Gasteiger partial charge in [-0.25, -0.2) is 4.79 Å². The van der Waals surface area contributed by atoms with Crippen molar-refractivity contribution >= 4 is 5.97 Å². The topological polar surface area (TPSA) is 72.5 Å². The molecule has 0 saturated carbocycles. The molecule has 0 radical (unpaired) electrons. The Hall–Kier alpha value is -1.39. The lowest BCUT2D eigenvalue weighted by Crippen LogP contribution is -2.49. The first-order valence-electron chi connectivity index (χ1n) is 6.07. The molecule has 100 valence electrons. The van der Waals surface area contributed by atoms with Crippen LogP contribution < -0.4 is 5.73 Å². The summed E-state index contributed by atoms with van der Waals surface area (Å²) in [4.78, 5) is 11.4. The van der Waals surface area contributed by atoms with Gasteiger partial charge in [0, 0.05) is 0 Å². The van der Waals surface area contributed by atoms with Gasteiger partial charge in [-0.2, -0.15) is 0 Å². The molecule has 2 atom stereocenters. The monoisotopic (exact) mass is 251 g/mol. The van der Waals surface area contributed by atoms with Crippen LogP contribution in [-0.4, -0.2) is 23.8 Å². The summed E-state index contributed by atoms with van der Waals surface area (Å²) in [7, 11) is 0. The van der Waals surface area contributed by atoms with Crippen LogP contribution in [0, 0.1) is 5.92 Å². The summed E-state index contributed by atoms with van der Waals surface area (Å²) >= 11 is 0. The van der Waals surface area contributed by atoms with Gasteiger partial charge in [0.15, 0.2) is 5.54 Å². The lowest BCUT2D eigenvalue weighted by molar-refractivity contribution is -0.147. The van der Waals surface area contributed by atoms with Gasteiger partial charge in [0.2, 0.25) is 0 Å². The first kappa shape index (κ1) is 14.7. The first-order valence-corrected chi connectivity index (χ1v) is 6.07. The number of hydrogen-bond donors (Lipinski definition) is 2. The van der Waals surface area contributed by atoms with Gasteiger partial charge in [-0.3, -0.25) is 0 Å². The van der Waals surface area contributed by atoms with Crippen LogP contribution in [-0.2, 0) is 15.1 Å². The van der Waals surface area contributed by atoms with Crippen LogP contribution >= 0.6 is 0 Å². The maximum absolute atomic E-state index is 11.4. The fourth-order valence-corrected chi connectivity index (χ4v) is 1.46. The molecule has 4 heteroatoms. The van der Waals surface area contributed by atoms with Gasteiger partial charge in [0.25, 0.3) is 0 Å². The molecule has 0 heterocycles. The van der Waals surface area contributed by atoms with E-state index in [2.05, 4.69) is 0 Å². The van der Waals surface area contributed by atoms with E-state index in [9.17, 15) is 9.90 Å². The van der Waals surface area contributed by atoms with Crippen LogP contribution in [0.3, 0.4) is 0 Å². The van der Waals surface area contributed by atoms with Crippen molar-refractivity contribution in [2.24, 2.45) is 11.7 Å². The average molecular weight is 251 g/mol. The number of carboxylic acids is 1. The minimum absolute atomic E-state index is 0.0315. The number of rotatable bonds is 6. The molecular weight excluding hydrogens is 230 g/mol. The highest BCUT2D eigenvalue weighted by Crippen LogP contribution is 2.20. The third-order valence-corrected chi connectivity index (χ3v) is 3.18. The molecule has 0 aliphatic rings. The standard InChI is InChI=1S/C14H21NO3/c1-10(2)11(3)18-9-14(15,13(16)17)12-7-5-4-6-8-12/h4-8,10-11H,9,15H2,1-3H3,(H,16,17). The second-order valence-electron chi connectivity index (χ2n) is 4.90. The minimum Gasteiger partial charge on any atom is -0.480 e. The molecule has 0 amide bonds. The normalized spacial score (nSPS) is 16.3. The first-order chi connectivity index (χ1) is 8.38. The third-order valence-electron chi connectivity index (χ3n) is 3.18. The van der Waals surface area contributed by atoms with Crippen molar-refractivity contribution in [2.75, 3.05) is 6.61 Å². The van der Waals surface area contributed by atoms with Gasteiger partial charge >= 0.3 is 5.97 Å². The molecule has 0 aliphatic carbocycles. The number of hydrogen-bond acceptors (Lipinski definition) is 3. The van der Waals surface area contributed by atoms with E-state index in [4.69, 9.17) is 10.5 Å². The van der Waals surface area contributed by atoms with Crippen molar-refractivity contribution in [1.29, 1.82) is 0 Å².